The summed E-state index contributed by atoms with van der Waals surface area (Å²) < 4.78 is 19.8. The molecule has 0 aromatic heterocycles. The first-order chi connectivity index (χ1) is 14.5. The Bertz CT molecular complexity index is 1050. The molecule has 3 aromatic rings. The Hall–Kier alpha value is -3.38. The zero-order chi connectivity index (χ0) is 21.3. The van der Waals surface area contributed by atoms with E-state index in [0.29, 0.717) is 6.61 Å². The van der Waals surface area contributed by atoms with E-state index in [-0.39, 0.29) is 22.0 Å². The molecule has 0 atom stereocenters. The van der Waals surface area contributed by atoms with E-state index in [4.69, 9.17) is 9.84 Å². The maximum absolute atomic E-state index is 14.1. The Morgan fingerprint density at radius 3 is 2.40 bits per heavy atom. The van der Waals surface area contributed by atoms with Crippen molar-refractivity contribution in [1.82, 2.24) is 0 Å². The molecule has 1 N–H and O–H groups in total. The number of rotatable bonds is 9. The molecule has 0 aliphatic rings. The first-order valence-corrected chi connectivity index (χ1v) is 10.1. The van der Waals surface area contributed by atoms with Crippen LogP contribution in [0.15, 0.2) is 83.8 Å². The van der Waals surface area contributed by atoms with E-state index in [1.165, 1.54) is 18.2 Å². The Labute approximate surface area is 178 Å². The molecule has 3 aromatic carbocycles. The first kappa shape index (κ1) is 21.3. The maximum Gasteiger partial charge on any atom is 0.313 e. The van der Waals surface area contributed by atoms with Crippen LogP contribution >= 0.6 is 11.8 Å². The summed E-state index contributed by atoms with van der Waals surface area (Å²) in [4.78, 5) is 23.1. The van der Waals surface area contributed by atoms with Crippen LogP contribution in [0.3, 0.4) is 0 Å². The molecule has 0 spiro atoms. The summed E-state index contributed by atoms with van der Waals surface area (Å²) in [6, 6.07) is 21.2. The number of halogens is 1. The first-order valence-electron chi connectivity index (χ1n) is 9.14. The minimum absolute atomic E-state index is 0.198. The smallest absolute Gasteiger partial charge is 0.313 e. The highest BCUT2D eigenvalue weighted by atomic mass is 32.2. The van der Waals surface area contributed by atoms with Crippen molar-refractivity contribution >= 4 is 29.6 Å². The van der Waals surface area contributed by atoms with Crippen molar-refractivity contribution in [2.75, 3.05) is 5.75 Å². The summed E-state index contributed by atoms with van der Waals surface area (Å²) in [5.41, 5.74) is 2.09. The monoisotopic (exact) mass is 422 g/mol. The zero-order valence-corrected chi connectivity index (χ0v) is 16.8. The number of carboxylic acid groups (broad SMARTS) is 1. The predicted molar refractivity (Wildman–Crippen MR) is 115 cm³/mol. The van der Waals surface area contributed by atoms with E-state index in [1.54, 1.807) is 6.08 Å². The predicted octanol–water partition coefficient (Wildman–Crippen LogP) is 5.48. The van der Waals surface area contributed by atoms with E-state index in [1.807, 2.05) is 54.6 Å². The van der Waals surface area contributed by atoms with E-state index in [2.05, 4.69) is 0 Å². The number of ether oxygens (including phenoxy) is 1. The minimum atomic E-state index is -1.03. The van der Waals surface area contributed by atoms with Crippen molar-refractivity contribution < 1.29 is 23.8 Å². The Balaban J connectivity index is 1.57. The fourth-order valence-electron chi connectivity index (χ4n) is 2.59. The molecule has 0 amide bonds. The molecule has 6 heteroatoms. The molecule has 0 heterocycles. The molecule has 30 heavy (non-hydrogen) atoms. The number of carboxylic acids is 1. The lowest BCUT2D eigenvalue weighted by atomic mass is 10.1. The van der Waals surface area contributed by atoms with Gasteiger partial charge in [-0.3, -0.25) is 9.59 Å². The molecule has 3 rings (SSSR count). The van der Waals surface area contributed by atoms with Crippen molar-refractivity contribution in [3.63, 3.8) is 0 Å². The van der Waals surface area contributed by atoms with Gasteiger partial charge in [0, 0.05) is 10.5 Å². The molecule has 0 radical (unpaired) electrons. The fraction of sp³-hybridized carbons (Fsp3) is 0.0833. The average molecular weight is 422 g/mol. The number of aliphatic carboxylic acids is 1. The van der Waals surface area contributed by atoms with Gasteiger partial charge in [0.2, 0.25) is 0 Å². The summed E-state index contributed by atoms with van der Waals surface area (Å²) in [7, 11) is 0. The molecule has 0 aliphatic carbocycles. The lowest BCUT2D eigenvalue weighted by molar-refractivity contribution is -0.133. The molecular formula is C24H19FO4S. The number of benzene rings is 3. The molecule has 0 fully saturated rings. The third-order valence-electron chi connectivity index (χ3n) is 4.12. The SMILES string of the molecule is O=C(O)CSc1ccc(C(=O)/C=C/c2ccc(OCc3ccccc3)cc2)cc1F. The molecule has 0 unspecified atom stereocenters. The second-order valence-corrected chi connectivity index (χ2v) is 7.39. The molecule has 152 valence electrons. The third-order valence-corrected chi connectivity index (χ3v) is 5.16. The molecule has 0 bridgehead atoms. The molecule has 0 saturated carbocycles. The number of ketones is 1. The molecule has 0 saturated heterocycles. The van der Waals surface area contributed by atoms with Gasteiger partial charge in [0.1, 0.15) is 18.2 Å². The van der Waals surface area contributed by atoms with E-state index >= 15 is 0 Å². The molecule has 0 aliphatic heterocycles. The second kappa shape index (κ2) is 10.4. The van der Waals surface area contributed by atoms with Gasteiger partial charge in [-0.25, -0.2) is 4.39 Å². The van der Waals surface area contributed by atoms with Gasteiger partial charge >= 0.3 is 5.97 Å². The third kappa shape index (κ3) is 6.32. The number of thioether (sulfide) groups is 1. The number of carbonyl (C=O) groups excluding carboxylic acids is 1. The largest absolute Gasteiger partial charge is 0.489 e. The fourth-order valence-corrected chi connectivity index (χ4v) is 3.23. The van der Waals surface area contributed by atoms with Crippen LogP contribution < -0.4 is 4.74 Å². The van der Waals surface area contributed by atoms with Crippen LogP contribution in [0, 0.1) is 5.82 Å². The van der Waals surface area contributed by atoms with Gasteiger partial charge in [-0.05, 0) is 47.5 Å². The van der Waals surface area contributed by atoms with Gasteiger partial charge in [0.25, 0.3) is 0 Å². The van der Waals surface area contributed by atoms with Crippen LogP contribution in [0.2, 0.25) is 0 Å². The second-order valence-electron chi connectivity index (χ2n) is 6.37. The van der Waals surface area contributed by atoms with Gasteiger partial charge in [0.05, 0.1) is 5.75 Å². The van der Waals surface area contributed by atoms with Crippen molar-refractivity contribution in [2.45, 2.75) is 11.5 Å². The van der Waals surface area contributed by atoms with Crippen LogP contribution in [0.4, 0.5) is 4.39 Å². The van der Waals surface area contributed by atoms with Crippen LogP contribution in [0.5, 0.6) is 5.75 Å². The van der Waals surface area contributed by atoms with Gasteiger partial charge in [0.15, 0.2) is 5.78 Å². The van der Waals surface area contributed by atoms with Gasteiger partial charge in [-0.1, -0.05) is 48.5 Å². The summed E-state index contributed by atoms with van der Waals surface area (Å²) in [5, 5.41) is 8.67. The topological polar surface area (TPSA) is 63.6 Å². The quantitative estimate of drug-likeness (QED) is 0.281. The average Bonchev–Trinajstić information content (AvgIpc) is 2.76. The molecule has 4 nitrogen and oxygen atoms in total. The van der Waals surface area contributed by atoms with Crippen LogP contribution in [0.25, 0.3) is 6.08 Å². The highest BCUT2D eigenvalue weighted by molar-refractivity contribution is 8.00. The van der Waals surface area contributed by atoms with Crippen LogP contribution in [-0.4, -0.2) is 22.6 Å². The summed E-state index contributed by atoms with van der Waals surface area (Å²) >= 11 is 0.874. The lowest BCUT2D eigenvalue weighted by Gasteiger charge is -2.06. The van der Waals surface area contributed by atoms with Crippen molar-refractivity contribution in [1.29, 1.82) is 0 Å². The summed E-state index contributed by atoms with van der Waals surface area (Å²) in [6.45, 7) is 0.473. The standard InChI is InChI=1S/C24H19FO4S/c25-21-14-19(9-13-23(21)30-16-24(27)28)22(26)12-8-17-6-10-20(11-7-17)29-15-18-4-2-1-3-5-18/h1-14H,15-16H2,(H,27,28)/b12-8+. The van der Waals surface area contributed by atoms with E-state index in [9.17, 15) is 14.0 Å². The Morgan fingerprint density at radius 2 is 1.73 bits per heavy atom. The number of hydrogen-bond acceptors (Lipinski definition) is 4. The van der Waals surface area contributed by atoms with Crippen molar-refractivity contribution in [2.24, 2.45) is 0 Å². The van der Waals surface area contributed by atoms with Crippen molar-refractivity contribution in [3.8, 4) is 5.75 Å². The number of allylic oxidation sites excluding steroid dienone is 1. The zero-order valence-electron chi connectivity index (χ0n) is 16.0. The van der Waals surface area contributed by atoms with E-state index < -0.39 is 11.8 Å². The summed E-state index contributed by atoms with van der Waals surface area (Å²) in [6.07, 6.45) is 3.02. The molecular weight excluding hydrogens is 403 g/mol. The van der Waals surface area contributed by atoms with Gasteiger partial charge in [-0.15, -0.1) is 11.8 Å². The normalized spacial score (nSPS) is 10.8. The van der Waals surface area contributed by atoms with Crippen LogP contribution in [0.1, 0.15) is 21.5 Å². The van der Waals surface area contributed by atoms with Crippen molar-refractivity contribution in [3.05, 3.63) is 101 Å². The number of carbonyl (C=O) groups is 2. The highest BCUT2D eigenvalue weighted by Gasteiger charge is 2.09. The minimum Gasteiger partial charge on any atom is -0.489 e. The Morgan fingerprint density at radius 1 is 1.00 bits per heavy atom. The lowest BCUT2D eigenvalue weighted by Crippen LogP contribution is -2.00. The Kier molecular flexibility index (Phi) is 7.40. The van der Waals surface area contributed by atoms with Crippen LogP contribution in [-0.2, 0) is 11.4 Å². The summed E-state index contributed by atoms with van der Waals surface area (Å²) in [5.74, 6) is -1.50. The van der Waals surface area contributed by atoms with Gasteiger partial charge in [-0.2, -0.15) is 0 Å². The number of hydrogen-bond donors (Lipinski definition) is 1. The van der Waals surface area contributed by atoms with Gasteiger partial charge < -0.3 is 9.84 Å². The maximum atomic E-state index is 14.1. The van der Waals surface area contributed by atoms with E-state index in [0.717, 1.165) is 34.7 Å². The highest BCUT2D eigenvalue weighted by Crippen LogP contribution is 2.23.